The molecule has 2 atom stereocenters. The lowest BCUT2D eigenvalue weighted by molar-refractivity contribution is -0.171. The molecule has 1 aliphatic carbocycles. The molecule has 2 aliphatic rings. The van der Waals surface area contributed by atoms with Crippen LogP contribution in [-0.4, -0.2) is 60.4 Å². The zero-order chi connectivity index (χ0) is 35.6. The Kier molecular flexibility index (Phi) is 24.7. The van der Waals surface area contributed by atoms with Gasteiger partial charge in [-0.3, -0.25) is 9.59 Å². The summed E-state index contributed by atoms with van der Waals surface area (Å²) in [6.07, 6.45) is 30.5. The average molecular weight is 692 g/mol. The van der Waals surface area contributed by atoms with Crippen LogP contribution < -0.4 is 0 Å². The van der Waals surface area contributed by atoms with Gasteiger partial charge in [-0.05, 0) is 69.9 Å². The molecule has 1 N–H and O–H groups in total. The lowest BCUT2D eigenvalue weighted by Gasteiger charge is -2.39. The molecule has 0 bridgehead atoms. The monoisotopic (exact) mass is 692 g/mol. The summed E-state index contributed by atoms with van der Waals surface area (Å²) >= 11 is 0. The van der Waals surface area contributed by atoms with Gasteiger partial charge in [0.2, 0.25) is 0 Å². The minimum Gasteiger partial charge on any atom is -0.458 e. The fourth-order valence-corrected chi connectivity index (χ4v) is 8.46. The maximum absolute atomic E-state index is 14.0. The molecule has 6 nitrogen and oxygen atoms in total. The van der Waals surface area contributed by atoms with Crippen molar-refractivity contribution < 1.29 is 24.2 Å². The van der Waals surface area contributed by atoms with Crippen molar-refractivity contribution in [2.24, 2.45) is 17.3 Å². The summed E-state index contributed by atoms with van der Waals surface area (Å²) in [5.41, 5.74) is 0.0352. The van der Waals surface area contributed by atoms with Crippen molar-refractivity contribution in [1.82, 2.24) is 4.90 Å². The van der Waals surface area contributed by atoms with Gasteiger partial charge in [-0.2, -0.15) is 0 Å². The molecule has 0 aromatic carbocycles. The summed E-state index contributed by atoms with van der Waals surface area (Å²) in [5, 5.41) is 9.52. The highest BCUT2D eigenvalue weighted by Crippen LogP contribution is 2.49. The van der Waals surface area contributed by atoms with Crippen molar-refractivity contribution in [3.05, 3.63) is 0 Å². The van der Waals surface area contributed by atoms with Gasteiger partial charge in [-0.25, -0.2) is 0 Å². The van der Waals surface area contributed by atoms with Crippen LogP contribution in [-0.2, 0) is 19.1 Å². The minimum absolute atomic E-state index is 0.0352. The molecule has 0 amide bonds. The first-order valence-corrected chi connectivity index (χ1v) is 21.7. The maximum Gasteiger partial charge on any atom is 0.309 e. The van der Waals surface area contributed by atoms with E-state index in [4.69, 9.17) is 9.47 Å². The first-order valence-electron chi connectivity index (χ1n) is 21.7. The average Bonchev–Trinajstić information content (AvgIpc) is 3.42. The largest absolute Gasteiger partial charge is 0.458 e. The number of nitrogens with zero attached hydrogens (tertiary/aromatic N) is 1. The van der Waals surface area contributed by atoms with Gasteiger partial charge in [-0.1, -0.05) is 156 Å². The third-order valence-corrected chi connectivity index (χ3v) is 11.8. The van der Waals surface area contributed by atoms with Gasteiger partial charge in [0, 0.05) is 6.54 Å². The van der Waals surface area contributed by atoms with Crippen LogP contribution in [0.4, 0.5) is 0 Å². The van der Waals surface area contributed by atoms with E-state index in [1.54, 1.807) is 0 Å². The number of aliphatic hydroxyl groups excluding tert-OH is 1. The van der Waals surface area contributed by atoms with Gasteiger partial charge in [0.05, 0.1) is 18.4 Å². The van der Waals surface area contributed by atoms with Crippen molar-refractivity contribution in [2.45, 2.75) is 220 Å². The van der Waals surface area contributed by atoms with E-state index < -0.39 is 0 Å². The lowest BCUT2D eigenvalue weighted by Crippen LogP contribution is -2.40. The number of esters is 2. The summed E-state index contributed by atoms with van der Waals surface area (Å²) in [6, 6.07) is 0. The van der Waals surface area contributed by atoms with Crippen LogP contribution in [0, 0.1) is 17.3 Å². The Morgan fingerprint density at radius 2 is 0.898 bits per heavy atom. The molecule has 1 saturated carbocycles. The second-order valence-corrected chi connectivity index (χ2v) is 16.1. The number of unbranched alkanes of at least 4 members (excludes halogenated alkanes) is 16. The zero-order valence-corrected chi connectivity index (χ0v) is 33.0. The molecule has 1 aliphatic heterocycles. The Morgan fingerprint density at radius 3 is 1.20 bits per heavy atom. The fraction of sp³-hybridized carbons (Fsp3) is 0.953. The SMILES string of the molecule is CCCCCCCC(CCCCCCC)C(=O)O[C@@H]1CC2(CCN(CCO)CC2)C[C@H]1OC(=O)C(CCCCCCC)CCCCCCC. The number of likely N-dealkylation sites (tertiary alicyclic amines) is 1. The van der Waals surface area contributed by atoms with Crippen LogP contribution >= 0.6 is 0 Å². The van der Waals surface area contributed by atoms with Crippen LogP contribution in [0.2, 0.25) is 0 Å². The van der Waals surface area contributed by atoms with E-state index in [0.717, 1.165) is 90.1 Å². The Labute approximate surface area is 303 Å². The molecule has 2 fully saturated rings. The van der Waals surface area contributed by atoms with Crippen molar-refractivity contribution in [2.75, 3.05) is 26.2 Å². The molecule has 6 heteroatoms. The van der Waals surface area contributed by atoms with Gasteiger partial charge in [0.15, 0.2) is 0 Å². The quantitative estimate of drug-likeness (QED) is 0.0597. The second-order valence-electron chi connectivity index (χ2n) is 16.1. The summed E-state index contributed by atoms with van der Waals surface area (Å²) in [6.45, 7) is 11.8. The topological polar surface area (TPSA) is 76.1 Å². The number of hydrogen-bond donors (Lipinski definition) is 1. The van der Waals surface area contributed by atoms with Crippen LogP contribution in [0.5, 0.6) is 0 Å². The molecular formula is C43H81NO5. The van der Waals surface area contributed by atoms with E-state index in [9.17, 15) is 14.7 Å². The number of rotatable bonds is 30. The van der Waals surface area contributed by atoms with E-state index >= 15 is 0 Å². The van der Waals surface area contributed by atoms with Gasteiger partial charge in [0.25, 0.3) is 0 Å². The summed E-state index contributed by atoms with van der Waals surface area (Å²) in [4.78, 5) is 30.3. The first kappa shape index (κ1) is 44.0. The van der Waals surface area contributed by atoms with Gasteiger partial charge < -0.3 is 19.5 Å². The van der Waals surface area contributed by atoms with Gasteiger partial charge in [0.1, 0.15) is 12.2 Å². The van der Waals surface area contributed by atoms with Crippen molar-refractivity contribution in [3.8, 4) is 0 Å². The maximum atomic E-state index is 14.0. The fourth-order valence-electron chi connectivity index (χ4n) is 8.46. The molecule has 0 unspecified atom stereocenters. The number of hydrogen-bond acceptors (Lipinski definition) is 6. The smallest absolute Gasteiger partial charge is 0.309 e. The Hall–Kier alpha value is -1.14. The standard InChI is InChI=1S/C43H81NO5/c1-5-9-13-17-21-25-37(26-22-18-14-10-6-2)41(46)48-39-35-43(29-31-44(32-30-43)33-34-45)36-40(39)49-42(47)38(27-23-19-15-11-7-3)28-24-20-16-12-8-4/h37-40,45H,5-36H2,1-4H3/t39-,40-/m1/s1. The highest BCUT2D eigenvalue weighted by atomic mass is 16.6. The highest BCUT2D eigenvalue weighted by Gasteiger charge is 2.50. The third-order valence-electron chi connectivity index (χ3n) is 11.8. The first-order chi connectivity index (χ1) is 23.9. The van der Waals surface area contributed by atoms with E-state index in [-0.39, 0.29) is 48.0 Å². The molecule has 0 radical (unpaired) electrons. The van der Waals surface area contributed by atoms with E-state index in [1.807, 2.05) is 0 Å². The Morgan fingerprint density at radius 1 is 0.571 bits per heavy atom. The minimum atomic E-state index is -0.349. The Balaban J connectivity index is 2.15. The van der Waals surface area contributed by atoms with Crippen molar-refractivity contribution in [1.29, 1.82) is 0 Å². The molecule has 49 heavy (non-hydrogen) atoms. The summed E-state index contributed by atoms with van der Waals surface area (Å²) in [5.74, 6) is -0.200. The molecule has 0 aromatic rings. The molecule has 1 spiro atoms. The predicted molar refractivity (Wildman–Crippen MR) is 205 cm³/mol. The molecule has 1 saturated heterocycles. The number of β-amino-alcohol motifs (C(OH)–C–C–N with tert-alkyl or cyclic N) is 1. The lowest BCUT2D eigenvalue weighted by atomic mass is 9.77. The molecule has 2 rings (SSSR count). The van der Waals surface area contributed by atoms with Crippen LogP contribution in [0.25, 0.3) is 0 Å². The van der Waals surface area contributed by atoms with Gasteiger partial charge >= 0.3 is 11.9 Å². The van der Waals surface area contributed by atoms with E-state index in [1.165, 1.54) is 103 Å². The Bertz CT molecular complexity index is 741. The van der Waals surface area contributed by atoms with Crippen LogP contribution in [0.3, 0.4) is 0 Å². The highest BCUT2D eigenvalue weighted by molar-refractivity contribution is 5.74. The summed E-state index contributed by atoms with van der Waals surface area (Å²) in [7, 11) is 0. The zero-order valence-electron chi connectivity index (χ0n) is 33.0. The van der Waals surface area contributed by atoms with Crippen molar-refractivity contribution in [3.63, 3.8) is 0 Å². The summed E-state index contributed by atoms with van der Waals surface area (Å²) < 4.78 is 13.0. The number of carbonyl (C=O) groups excluding carboxylic acids is 2. The van der Waals surface area contributed by atoms with Crippen molar-refractivity contribution >= 4 is 11.9 Å². The molecule has 288 valence electrons. The van der Waals surface area contributed by atoms with E-state index in [0.29, 0.717) is 6.54 Å². The molecule has 1 heterocycles. The van der Waals surface area contributed by atoms with Gasteiger partial charge in [-0.15, -0.1) is 0 Å². The van der Waals surface area contributed by atoms with Crippen LogP contribution in [0.1, 0.15) is 207 Å². The number of ether oxygens (including phenoxy) is 2. The number of carbonyl (C=O) groups is 2. The number of piperidine rings is 1. The second kappa shape index (κ2) is 27.5. The third kappa shape index (κ3) is 18.3. The molecule has 0 aromatic heterocycles. The molecular weight excluding hydrogens is 610 g/mol. The number of aliphatic hydroxyl groups is 1. The van der Waals surface area contributed by atoms with E-state index in [2.05, 4.69) is 32.6 Å². The predicted octanol–water partition coefficient (Wildman–Crippen LogP) is 11.4. The normalized spacial score (nSPS) is 19.3. The van der Waals surface area contributed by atoms with Crippen LogP contribution in [0.15, 0.2) is 0 Å².